The Labute approximate surface area is 114 Å². The normalized spacial score (nSPS) is 10.5. The average molecular weight is 284 g/mol. The van der Waals surface area contributed by atoms with Crippen LogP contribution in [0.2, 0.25) is 5.02 Å². The highest BCUT2D eigenvalue weighted by atomic mass is 35.5. The molecule has 0 aliphatic rings. The predicted octanol–water partition coefficient (Wildman–Crippen LogP) is 3.66. The summed E-state index contributed by atoms with van der Waals surface area (Å²) in [6.45, 7) is 0.190. The fraction of sp³-hybridized carbons (Fsp3) is 0.143. The molecule has 0 saturated carbocycles. The molecule has 100 valence electrons. The zero-order chi connectivity index (χ0) is 13.8. The summed E-state index contributed by atoms with van der Waals surface area (Å²) >= 11 is 5.86. The van der Waals surface area contributed by atoms with Crippen LogP contribution >= 0.6 is 11.6 Å². The quantitative estimate of drug-likeness (QED) is 0.929. The maximum absolute atomic E-state index is 13.4. The minimum Gasteiger partial charge on any atom is -0.488 e. The molecule has 2 nitrogen and oxygen atoms in total. The van der Waals surface area contributed by atoms with Gasteiger partial charge in [0.15, 0.2) is 0 Å². The van der Waals surface area contributed by atoms with Crippen molar-refractivity contribution in [2.24, 2.45) is 5.73 Å². The van der Waals surface area contributed by atoms with E-state index >= 15 is 0 Å². The Hall–Kier alpha value is -1.65. The summed E-state index contributed by atoms with van der Waals surface area (Å²) in [5, 5.41) is 0.493. The van der Waals surface area contributed by atoms with Crippen molar-refractivity contribution in [2.45, 2.75) is 13.2 Å². The van der Waals surface area contributed by atoms with Crippen molar-refractivity contribution in [3.8, 4) is 5.75 Å². The van der Waals surface area contributed by atoms with Crippen LogP contribution in [-0.2, 0) is 13.2 Å². The van der Waals surface area contributed by atoms with E-state index in [-0.39, 0.29) is 18.7 Å². The number of hydrogen-bond acceptors (Lipinski definition) is 2. The molecule has 2 N–H and O–H groups in total. The largest absolute Gasteiger partial charge is 0.488 e. The second kappa shape index (κ2) is 5.99. The Bertz CT molecular complexity index is 590. The highest BCUT2D eigenvalue weighted by molar-refractivity contribution is 6.30. The van der Waals surface area contributed by atoms with Crippen LogP contribution in [0.25, 0.3) is 0 Å². The van der Waals surface area contributed by atoms with Crippen molar-refractivity contribution in [1.29, 1.82) is 0 Å². The van der Waals surface area contributed by atoms with Crippen LogP contribution in [0.3, 0.4) is 0 Å². The zero-order valence-corrected chi connectivity index (χ0v) is 10.8. The van der Waals surface area contributed by atoms with Crippen molar-refractivity contribution < 1.29 is 13.5 Å². The monoisotopic (exact) mass is 283 g/mol. The van der Waals surface area contributed by atoms with Gasteiger partial charge in [-0.3, -0.25) is 0 Å². The molecule has 0 spiro atoms. The number of rotatable bonds is 4. The van der Waals surface area contributed by atoms with E-state index in [1.807, 2.05) is 0 Å². The summed E-state index contributed by atoms with van der Waals surface area (Å²) in [4.78, 5) is 0. The minimum atomic E-state index is -0.516. The molecule has 0 aliphatic carbocycles. The molecule has 0 bridgehead atoms. The van der Waals surface area contributed by atoms with Gasteiger partial charge in [0.2, 0.25) is 0 Å². The minimum absolute atomic E-state index is 0.0864. The Morgan fingerprint density at radius 3 is 2.58 bits per heavy atom. The maximum Gasteiger partial charge on any atom is 0.130 e. The van der Waals surface area contributed by atoms with Gasteiger partial charge < -0.3 is 10.5 Å². The van der Waals surface area contributed by atoms with Crippen LogP contribution in [0.5, 0.6) is 5.75 Å². The number of benzene rings is 2. The molecule has 0 saturated heterocycles. The molecule has 19 heavy (non-hydrogen) atoms. The molecule has 0 atom stereocenters. The fourth-order valence-corrected chi connectivity index (χ4v) is 1.80. The van der Waals surface area contributed by atoms with Crippen LogP contribution in [0.4, 0.5) is 8.78 Å². The molecule has 0 radical (unpaired) electrons. The van der Waals surface area contributed by atoms with Gasteiger partial charge in [0, 0.05) is 22.7 Å². The third-order valence-corrected chi connectivity index (χ3v) is 2.88. The van der Waals surface area contributed by atoms with Gasteiger partial charge in [0.1, 0.15) is 24.0 Å². The summed E-state index contributed by atoms with van der Waals surface area (Å²) in [5.41, 5.74) is 6.46. The molecular weight excluding hydrogens is 272 g/mol. The number of nitrogens with two attached hydrogens (primary N) is 1. The van der Waals surface area contributed by atoms with E-state index in [0.29, 0.717) is 10.8 Å². The standard InChI is InChI=1S/C14H12ClF2NO/c15-11-2-1-9(7-18)14(6-11)19-8-10-5-12(16)3-4-13(10)17/h1-6H,7-8,18H2. The van der Waals surface area contributed by atoms with E-state index in [0.717, 1.165) is 23.8 Å². The van der Waals surface area contributed by atoms with E-state index in [1.165, 1.54) is 0 Å². The lowest BCUT2D eigenvalue weighted by atomic mass is 10.2. The van der Waals surface area contributed by atoms with Gasteiger partial charge in [0.05, 0.1) is 0 Å². The number of ether oxygens (including phenoxy) is 1. The molecule has 0 amide bonds. The van der Waals surface area contributed by atoms with E-state index in [4.69, 9.17) is 22.1 Å². The van der Waals surface area contributed by atoms with Crippen molar-refractivity contribution in [1.82, 2.24) is 0 Å². The van der Waals surface area contributed by atoms with E-state index in [2.05, 4.69) is 0 Å². The fourth-order valence-electron chi connectivity index (χ4n) is 1.64. The van der Waals surface area contributed by atoms with Crippen LogP contribution < -0.4 is 10.5 Å². The van der Waals surface area contributed by atoms with E-state index < -0.39 is 11.6 Å². The lowest BCUT2D eigenvalue weighted by molar-refractivity contribution is 0.296. The number of hydrogen-bond donors (Lipinski definition) is 1. The smallest absolute Gasteiger partial charge is 0.130 e. The molecule has 0 aromatic heterocycles. The van der Waals surface area contributed by atoms with Gasteiger partial charge in [-0.25, -0.2) is 8.78 Å². The topological polar surface area (TPSA) is 35.2 Å². The SMILES string of the molecule is NCc1ccc(Cl)cc1OCc1cc(F)ccc1F. The number of halogens is 3. The van der Waals surface area contributed by atoms with Crippen LogP contribution in [0.1, 0.15) is 11.1 Å². The second-order valence-electron chi connectivity index (χ2n) is 3.98. The van der Waals surface area contributed by atoms with Gasteiger partial charge >= 0.3 is 0 Å². The first kappa shape index (κ1) is 13.8. The highest BCUT2D eigenvalue weighted by Gasteiger charge is 2.07. The Morgan fingerprint density at radius 2 is 1.84 bits per heavy atom. The van der Waals surface area contributed by atoms with Crippen molar-refractivity contribution in [3.63, 3.8) is 0 Å². The van der Waals surface area contributed by atoms with Crippen molar-refractivity contribution in [2.75, 3.05) is 0 Å². The van der Waals surface area contributed by atoms with Crippen LogP contribution in [-0.4, -0.2) is 0 Å². The van der Waals surface area contributed by atoms with Gasteiger partial charge in [0.25, 0.3) is 0 Å². The molecule has 0 heterocycles. The Balaban J connectivity index is 2.18. The summed E-state index contributed by atoms with van der Waals surface area (Å²) in [6.07, 6.45) is 0. The summed E-state index contributed by atoms with van der Waals surface area (Å²) in [5.74, 6) is -0.554. The maximum atomic E-state index is 13.4. The summed E-state index contributed by atoms with van der Waals surface area (Å²) in [6, 6.07) is 8.25. The lowest BCUT2D eigenvalue weighted by Crippen LogP contribution is -2.04. The van der Waals surface area contributed by atoms with E-state index in [1.54, 1.807) is 18.2 Å². The Morgan fingerprint density at radius 1 is 1.05 bits per heavy atom. The van der Waals surface area contributed by atoms with Crippen LogP contribution in [0, 0.1) is 11.6 Å². The van der Waals surface area contributed by atoms with E-state index in [9.17, 15) is 8.78 Å². The van der Waals surface area contributed by atoms with Crippen LogP contribution in [0.15, 0.2) is 36.4 Å². The molecular formula is C14H12ClF2NO. The van der Waals surface area contributed by atoms with Gasteiger partial charge in [-0.2, -0.15) is 0 Å². The zero-order valence-electron chi connectivity index (χ0n) is 10.00. The molecule has 2 rings (SSSR count). The molecule has 2 aromatic rings. The molecule has 0 unspecified atom stereocenters. The second-order valence-corrected chi connectivity index (χ2v) is 4.42. The predicted molar refractivity (Wildman–Crippen MR) is 70.0 cm³/mol. The lowest BCUT2D eigenvalue weighted by Gasteiger charge is -2.11. The summed E-state index contributed by atoms with van der Waals surface area (Å²) < 4.78 is 31.9. The van der Waals surface area contributed by atoms with Crippen molar-refractivity contribution >= 4 is 11.6 Å². The van der Waals surface area contributed by atoms with Gasteiger partial charge in [-0.05, 0) is 30.3 Å². The molecule has 0 aliphatic heterocycles. The summed E-state index contributed by atoms with van der Waals surface area (Å²) in [7, 11) is 0. The first-order chi connectivity index (χ1) is 9.10. The third kappa shape index (κ3) is 3.43. The molecule has 2 aromatic carbocycles. The van der Waals surface area contributed by atoms with Crippen molar-refractivity contribution in [3.05, 3.63) is 64.2 Å². The van der Waals surface area contributed by atoms with Gasteiger partial charge in [-0.15, -0.1) is 0 Å². The Kier molecular flexibility index (Phi) is 4.35. The first-order valence-corrected chi connectivity index (χ1v) is 6.03. The third-order valence-electron chi connectivity index (χ3n) is 2.64. The van der Waals surface area contributed by atoms with Gasteiger partial charge in [-0.1, -0.05) is 17.7 Å². The highest BCUT2D eigenvalue weighted by Crippen LogP contribution is 2.24. The average Bonchev–Trinajstić information content (AvgIpc) is 2.40. The molecule has 5 heteroatoms. The molecule has 0 fully saturated rings. The first-order valence-electron chi connectivity index (χ1n) is 5.65.